The van der Waals surface area contributed by atoms with Gasteiger partial charge < -0.3 is 4.74 Å². The van der Waals surface area contributed by atoms with E-state index in [2.05, 4.69) is 47.6 Å². The summed E-state index contributed by atoms with van der Waals surface area (Å²) >= 11 is 0. The largest absolute Gasteiger partial charge is 0.426 e. The third-order valence-electron chi connectivity index (χ3n) is 3.27. The normalized spacial score (nSPS) is 12.1. The second-order valence-electron chi connectivity index (χ2n) is 7.56. The molecule has 0 aliphatic carbocycles. The van der Waals surface area contributed by atoms with E-state index in [0.29, 0.717) is 5.75 Å². The van der Waals surface area contributed by atoms with Gasteiger partial charge in [-0.25, -0.2) is 0 Å². The quantitative estimate of drug-likeness (QED) is 0.477. The number of ketones is 1. The molecule has 0 saturated heterocycles. The zero-order valence-corrected chi connectivity index (χ0v) is 14.2. The minimum Gasteiger partial charge on any atom is -0.426 e. The van der Waals surface area contributed by atoms with Gasteiger partial charge in [0, 0.05) is 5.56 Å². The molecule has 0 aliphatic rings. The predicted octanol–water partition coefficient (Wildman–Crippen LogP) is 4.17. The zero-order chi connectivity index (χ0) is 16.4. The molecular weight excluding hydrogens is 264 g/mol. The molecule has 0 unspecified atom stereocenters. The molecule has 0 fully saturated rings. The van der Waals surface area contributed by atoms with Crippen molar-refractivity contribution in [3.05, 3.63) is 29.3 Å². The molecule has 0 bridgehead atoms. The molecule has 1 aromatic carbocycles. The second kappa shape index (κ2) is 6.00. The highest BCUT2D eigenvalue weighted by atomic mass is 16.5. The van der Waals surface area contributed by atoms with Gasteiger partial charge in [-0.3, -0.25) is 9.59 Å². The maximum atomic E-state index is 11.7. The van der Waals surface area contributed by atoms with Gasteiger partial charge in [0.2, 0.25) is 0 Å². The van der Waals surface area contributed by atoms with Crippen LogP contribution in [0.1, 0.15) is 66.0 Å². The van der Waals surface area contributed by atoms with Crippen LogP contribution in [0.25, 0.3) is 0 Å². The first kappa shape index (κ1) is 17.4. The molecule has 0 amide bonds. The first-order chi connectivity index (χ1) is 9.41. The van der Waals surface area contributed by atoms with E-state index in [1.54, 1.807) is 0 Å². The molecule has 1 aromatic rings. The standard InChI is InChI=1S/C18H26O3/c1-12(19)10-16(20)21-15-9-8-13(17(2,3)4)11-14(15)18(5,6)7/h8-9,11H,10H2,1-7H3. The fraction of sp³-hybridized carbons (Fsp3) is 0.556. The van der Waals surface area contributed by atoms with Gasteiger partial charge in [0.15, 0.2) is 0 Å². The molecule has 0 aromatic heterocycles. The van der Waals surface area contributed by atoms with Crippen molar-refractivity contribution in [3.8, 4) is 5.75 Å². The Morgan fingerprint density at radius 3 is 2.00 bits per heavy atom. The number of carbonyl (C=O) groups is 2. The van der Waals surface area contributed by atoms with Crippen LogP contribution in [-0.2, 0) is 20.4 Å². The summed E-state index contributed by atoms with van der Waals surface area (Å²) in [5.41, 5.74) is 2.06. The van der Waals surface area contributed by atoms with E-state index in [4.69, 9.17) is 4.74 Å². The number of hydrogen-bond acceptors (Lipinski definition) is 3. The topological polar surface area (TPSA) is 43.4 Å². The van der Waals surface area contributed by atoms with Gasteiger partial charge in [-0.15, -0.1) is 0 Å². The summed E-state index contributed by atoms with van der Waals surface area (Å²) in [6.07, 6.45) is -0.190. The molecule has 0 aliphatic heterocycles. The van der Waals surface area contributed by atoms with Crippen molar-refractivity contribution in [1.82, 2.24) is 0 Å². The lowest BCUT2D eigenvalue weighted by atomic mass is 9.80. The lowest BCUT2D eigenvalue weighted by Gasteiger charge is -2.26. The van der Waals surface area contributed by atoms with Crippen molar-refractivity contribution in [2.24, 2.45) is 0 Å². The molecule has 3 heteroatoms. The van der Waals surface area contributed by atoms with Crippen molar-refractivity contribution in [2.75, 3.05) is 0 Å². The van der Waals surface area contributed by atoms with Crippen LogP contribution in [0.2, 0.25) is 0 Å². The van der Waals surface area contributed by atoms with Crippen LogP contribution >= 0.6 is 0 Å². The highest BCUT2D eigenvalue weighted by Gasteiger charge is 2.24. The SMILES string of the molecule is CC(=O)CC(=O)Oc1ccc(C(C)(C)C)cc1C(C)(C)C. The Hall–Kier alpha value is -1.64. The van der Waals surface area contributed by atoms with Crippen LogP contribution in [0, 0.1) is 0 Å². The van der Waals surface area contributed by atoms with Gasteiger partial charge in [-0.05, 0) is 29.4 Å². The van der Waals surface area contributed by atoms with E-state index in [1.165, 1.54) is 12.5 Å². The summed E-state index contributed by atoms with van der Waals surface area (Å²) in [5, 5.41) is 0. The van der Waals surface area contributed by atoms with E-state index in [9.17, 15) is 9.59 Å². The summed E-state index contributed by atoms with van der Waals surface area (Å²) in [6, 6.07) is 5.90. The fourth-order valence-corrected chi connectivity index (χ4v) is 2.03. The van der Waals surface area contributed by atoms with Crippen LogP contribution in [-0.4, -0.2) is 11.8 Å². The Kier molecular flexibility index (Phi) is 4.98. The summed E-state index contributed by atoms with van der Waals surface area (Å²) in [4.78, 5) is 22.8. The number of hydrogen-bond donors (Lipinski definition) is 0. The van der Waals surface area contributed by atoms with E-state index in [-0.39, 0.29) is 23.0 Å². The van der Waals surface area contributed by atoms with Gasteiger partial charge in [0.1, 0.15) is 18.0 Å². The molecule has 0 radical (unpaired) electrons. The Bertz CT molecular complexity index is 543. The summed E-state index contributed by atoms with van der Waals surface area (Å²) in [6.45, 7) is 14.1. The zero-order valence-electron chi connectivity index (χ0n) is 14.2. The highest BCUT2D eigenvalue weighted by Crippen LogP contribution is 2.35. The molecule has 0 N–H and O–H groups in total. The predicted molar refractivity (Wildman–Crippen MR) is 84.8 cm³/mol. The van der Waals surface area contributed by atoms with Crippen LogP contribution in [0.4, 0.5) is 0 Å². The number of esters is 1. The van der Waals surface area contributed by atoms with E-state index >= 15 is 0 Å². The molecule has 116 valence electrons. The minimum atomic E-state index is -0.503. The number of rotatable bonds is 3. The number of Topliss-reactive ketones (excluding diaryl/α,β-unsaturated/α-hetero) is 1. The Morgan fingerprint density at radius 2 is 1.57 bits per heavy atom. The average Bonchev–Trinajstić information content (AvgIpc) is 2.24. The van der Waals surface area contributed by atoms with Crippen LogP contribution < -0.4 is 4.74 Å². The molecule has 0 spiro atoms. The molecule has 0 heterocycles. The third kappa shape index (κ3) is 5.00. The Morgan fingerprint density at radius 1 is 1.00 bits per heavy atom. The van der Waals surface area contributed by atoms with Gasteiger partial charge in [-0.2, -0.15) is 0 Å². The van der Waals surface area contributed by atoms with Crippen LogP contribution in [0.3, 0.4) is 0 Å². The lowest BCUT2D eigenvalue weighted by Crippen LogP contribution is -2.20. The van der Waals surface area contributed by atoms with Gasteiger partial charge >= 0.3 is 5.97 Å². The number of ether oxygens (including phenoxy) is 1. The monoisotopic (exact) mass is 290 g/mol. The van der Waals surface area contributed by atoms with Crippen molar-refractivity contribution in [3.63, 3.8) is 0 Å². The smallest absolute Gasteiger partial charge is 0.318 e. The molecule has 21 heavy (non-hydrogen) atoms. The number of benzene rings is 1. The molecule has 0 atom stereocenters. The summed E-state index contributed by atoms with van der Waals surface area (Å²) in [7, 11) is 0. The lowest BCUT2D eigenvalue weighted by molar-refractivity contribution is -0.137. The van der Waals surface area contributed by atoms with Gasteiger partial charge in [0.25, 0.3) is 0 Å². The highest BCUT2D eigenvalue weighted by molar-refractivity contribution is 5.95. The molecule has 1 rings (SSSR count). The second-order valence-corrected chi connectivity index (χ2v) is 7.56. The maximum Gasteiger partial charge on any atom is 0.318 e. The Labute approximate surface area is 127 Å². The van der Waals surface area contributed by atoms with E-state index in [0.717, 1.165) is 5.56 Å². The van der Waals surface area contributed by atoms with Crippen molar-refractivity contribution in [2.45, 2.75) is 65.7 Å². The molecule has 0 saturated carbocycles. The van der Waals surface area contributed by atoms with Gasteiger partial charge in [-0.1, -0.05) is 53.7 Å². The van der Waals surface area contributed by atoms with Crippen molar-refractivity contribution in [1.29, 1.82) is 0 Å². The van der Waals surface area contributed by atoms with E-state index in [1.807, 2.05) is 12.1 Å². The Balaban J connectivity index is 3.21. The van der Waals surface area contributed by atoms with Gasteiger partial charge in [0.05, 0.1) is 0 Å². The minimum absolute atomic E-state index is 0.0297. The fourth-order valence-electron chi connectivity index (χ4n) is 2.03. The van der Waals surface area contributed by atoms with Crippen LogP contribution in [0.15, 0.2) is 18.2 Å². The summed E-state index contributed by atoms with van der Waals surface area (Å²) < 4.78 is 5.39. The van der Waals surface area contributed by atoms with Crippen LogP contribution in [0.5, 0.6) is 5.75 Å². The molecular formula is C18H26O3. The first-order valence-corrected chi connectivity index (χ1v) is 7.26. The maximum absolute atomic E-state index is 11.7. The van der Waals surface area contributed by atoms with Crippen molar-refractivity contribution < 1.29 is 14.3 Å². The van der Waals surface area contributed by atoms with E-state index < -0.39 is 5.97 Å². The van der Waals surface area contributed by atoms with Crippen molar-refractivity contribution >= 4 is 11.8 Å². The third-order valence-corrected chi connectivity index (χ3v) is 3.27. The molecule has 3 nitrogen and oxygen atoms in total. The summed E-state index contributed by atoms with van der Waals surface area (Å²) in [5.74, 6) is -0.151. The first-order valence-electron chi connectivity index (χ1n) is 7.26. The average molecular weight is 290 g/mol. The number of carbonyl (C=O) groups excluding carboxylic acids is 2.